The molecule has 2 heterocycles. The minimum atomic E-state index is 0.190. The van der Waals surface area contributed by atoms with Crippen LogP contribution in [0.15, 0.2) is 42.0 Å². The van der Waals surface area contributed by atoms with Gasteiger partial charge in [0, 0.05) is 23.2 Å². The monoisotopic (exact) mass is 219 g/mol. The quantitative estimate of drug-likeness (QED) is 0.857. The lowest BCUT2D eigenvalue weighted by atomic mass is 10.00. The summed E-state index contributed by atoms with van der Waals surface area (Å²) in [5.41, 5.74) is 1.17. The highest BCUT2D eigenvalue weighted by Crippen LogP contribution is 2.24. The van der Waals surface area contributed by atoms with Crippen molar-refractivity contribution in [2.45, 2.75) is 12.3 Å². The van der Waals surface area contributed by atoms with E-state index in [9.17, 15) is 5.11 Å². The molecule has 0 aliphatic carbocycles. The van der Waals surface area contributed by atoms with Crippen molar-refractivity contribution in [2.75, 3.05) is 6.61 Å². The molecule has 78 valence electrons. The van der Waals surface area contributed by atoms with E-state index in [-0.39, 0.29) is 12.5 Å². The Kier molecular flexibility index (Phi) is 3.48. The van der Waals surface area contributed by atoms with Crippen molar-refractivity contribution in [1.29, 1.82) is 0 Å². The molecule has 0 saturated heterocycles. The van der Waals surface area contributed by atoms with Crippen molar-refractivity contribution in [3.05, 3.63) is 52.5 Å². The lowest BCUT2D eigenvalue weighted by Crippen LogP contribution is -2.06. The van der Waals surface area contributed by atoms with Gasteiger partial charge in [-0.1, -0.05) is 12.1 Å². The van der Waals surface area contributed by atoms with Crippen molar-refractivity contribution < 1.29 is 5.11 Å². The van der Waals surface area contributed by atoms with E-state index >= 15 is 0 Å². The van der Waals surface area contributed by atoms with Crippen molar-refractivity contribution in [2.24, 2.45) is 0 Å². The van der Waals surface area contributed by atoms with Crippen molar-refractivity contribution >= 4 is 11.3 Å². The first kappa shape index (κ1) is 10.3. The van der Waals surface area contributed by atoms with Gasteiger partial charge in [0.1, 0.15) is 0 Å². The van der Waals surface area contributed by atoms with E-state index in [0.29, 0.717) is 0 Å². The summed E-state index contributed by atoms with van der Waals surface area (Å²) in [6.45, 7) is 0.190. The van der Waals surface area contributed by atoms with Gasteiger partial charge in [-0.05, 0) is 29.5 Å². The molecule has 2 aromatic heterocycles. The third-order valence-corrected chi connectivity index (χ3v) is 3.41. The van der Waals surface area contributed by atoms with Crippen molar-refractivity contribution in [1.82, 2.24) is 4.98 Å². The first-order chi connectivity index (χ1) is 7.40. The summed E-state index contributed by atoms with van der Waals surface area (Å²) in [5.74, 6) is 0.203. The molecule has 0 aliphatic heterocycles. The number of hydrogen-bond acceptors (Lipinski definition) is 3. The summed E-state index contributed by atoms with van der Waals surface area (Å²) in [6, 6.07) is 8.06. The van der Waals surface area contributed by atoms with Crippen LogP contribution in [0, 0.1) is 0 Å². The largest absolute Gasteiger partial charge is 0.396 e. The van der Waals surface area contributed by atoms with Gasteiger partial charge in [-0.15, -0.1) is 11.3 Å². The molecule has 0 radical (unpaired) electrons. The van der Waals surface area contributed by atoms with Gasteiger partial charge >= 0.3 is 0 Å². The summed E-state index contributed by atoms with van der Waals surface area (Å²) in [7, 11) is 0. The topological polar surface area (TPSA) is 33.1 Å². The molecule has 2 rings (SSSR count). The van der Waals surface area contributed by atoms with Crippen LogP contribution in [0.4, 0.5) is 0 Å². The number of aliphatic hydroxyl groups excluding tert-OH is 1. The maximum atomic E-state index is 9.35. The Labute approximate surface area is 93.2 Å². The molecule has 0 amide bonds. The van der Waals surface area contributed by atoms with E-state index in [1.165, 1.54) is 10.4 Å². The van der Waals surface area contributed by atoms with Gasteiger partial charge in [0.25, 0.3) is 0 Å². The number of pyridine rings is 1. The molecule has 0 aromatic carbocycles. The highest BCUT2D eigenvalue weighted by molar-refractivity contribution is 7.10. The van der Waals surface area contributed by atoms with E-state index in [0.717, 1.165) is 6.42 Å². The Morgan fingerprint density at radius 2 is 2.27 bits per heavy atom. The molecule has 15 heavy (non-hydrogen) atoms. The van der Waals surface area contributed by atoms with Crippen molar-refractivity contribution in [3.63, 3.8) is 0 Å². The maximum absolute atomic E-state index is 9.35. The van der Waals surface area contributed by atoms with Crippen LogP contribution in [0.1, 0.15) is 16.4 Å². The summed E-state index contributed by atoms with van der Waals surface area (Å²) in [6.07, 6.45) is 4.48. The lowest BCUT2D eigenvalue weighted by Gasteiger charge is -2.11. The molecule has 0 spiro atoms. The Hall–Kier alpha value is -1.19. The molecule has 1 N–H and O–H groups in total. The first-order valence-corrected chi connectivity index (χ1v) is 5.81. The SMILES string of the molecule is OCC(Cc1cccnc1)c1cccs1. The lowest BCUT2D eigenvalue weighted by molar-refractivity contribution is 0.266. The zero-order valence-corrected chi connectivity index (χ0v) is 9.15. The van der Waals surface area contributed by atoms with Crippen LogP contribution in [0.2, 0.25) is 0 Å². The van der Waals surface area contributed by atoms with E-state index in [2.05, 4.69) is 11.1 Å². The van der Waals surface area contributed by atoms with Crippen LogP contribution in [0.5, 0.6) is 0 Å². The number of rotatable bonds is 4. The highest BCUT2D eigenvalue weighted by atomic mass is 32.1. The number of aromatic nitrogens is 1. The standard InChI is InChI=1S/C12H13NOS/c14-9-11(12-4-2-6-15-12)7-10-3-1-5-13-8-10/h1-6,8,11,14H,7,9H2. The molecule has 2 nitrogen and oxygen atoms in total. The van der Waals surface area contributed by atoms with Crippen LogP contribution in [0.3, 0.4) is 0 Å². The fourth-order valence-electron chi connectivity index (χ4n) is 1.58. The summed E-state index contributed by atoms with van der Waals surface area (Å²) in [5, 5.41) is 11.4. The van der Waals surface area contributed by atoms with Gasteiger partial charge < -0.3 is 5.11 Å². The second-order valence-corrected chi connectivity index (χ2v) is 4.44. The summed E-state index contributed by atoms with van der Waals surface area (Å²) in [4.78, 5) is 5.31. The third-order valence-electron chi connectivity index (χ3n) is 2.37. The molecule has 0 aliphatic rings. The highest BCUT2D eigenvalue weighted by Gasteiger charge is 2.11. The molecule has 0 fully saturated rings. The predicted octanol–water partition coefficient (Wildman–Crippen LogP) is 2.46. The van der Waals surface area contributed by atoms with Gasteiger partial charge in [0.15, 0.2) is 0 Å². The molecular weight excluding hydrogens is 206 g/mol. The molecule has 2 aromatic rings. The third kappa shape index (κ3) is 2.64. The zero-order chi connectivity index (χ0) is 10.5. The molecule has 0 bridgehead atoms. The van der Waals surface area contributed by atoms with Gasteiger partial charge in [0.2, 0.25) is 0 Å². The normalized spacial score (nSPS) is 12.6. The van der Waals surface area contributed by atoms with Crippen LogP contribution >= 0.6 is 11.3 Å². The Bertz CT molecular complexity index is 385. The molecule has 1 unspecified atom stereocenters. The van der Waals surface area contributed by atoms with E-state index in [4.69, 9.17) is 0 Å². The fourth-order valence-corrected chi connectivity index (χ4v) is 2.40. The number of nitrogens with zero attached hydrogens (tertiary/aromatic N) is 1. The maximum Gasteiger partial charge on any atom is 0.0510 e. The van der Waals surface area contributed by atoms with Gasteiger partial charge in [-0.25, -0.2) is 0 Å². The molecular formula is C12H13NOS. The summed E-state index contributed by atoms with van der Waals surface area (Å²) >= 11 is 1.69. The zero-order valence-electron chi connectivity index (χ0n) is 8.34. The smallest absolute Gasteiger partial charge is 0.0510 e. The second kappa shape index (κ2) is 5.05. The minimum Gasteiger partial charge on any atom is -0.396 e. The summed E-state index contributed by atoms with van der Waals surface area (Å²) < 4.78 is 0. The fraction of sp³-hybridized carbons (Fsp3) is 0.250. The Balaban J connectivity index is 2.10. The Morgan fingerprint density at radius 3 is 2.87 bits per heavy atom. The average molecular weight is 219 g/mol. The predicted molar refractivity (Wildman–Crippen MR) is 62.1 cm³/mol. The van der Waals surface area contributed by atoms with Crippen LogP contribution in [-0.2, 0) is 6.42 Å². The van der Waals surface area contributed by atoms with Gasteiger partial charge in [-0.2, -0.15) is 0 Å². The van der Waals surface area contributed by atoms with Crippen LogP contribution < -0.4 is 0 Å². The van der Waals surface area contributed by atoms with Gasteiger partial charge in [0.05, 0.1) is 6.61 Å². The number of aliphatic hydroxyl groups is 1. The van der Waals surface area contributed by atoms with E-state index in [1.54, 1.807) is 17.5 Å². The molecule has 1 atom stereocenters. The Morgan fingerprint density at radius 1 is 1.33 bits per heavy atom. The second-order valence-electron chi connectivity index (χ2n) is 3.46. The molecule has 0 saturated carbocycles. The van der Waals surface area contributed by atoms with Gasteiger partial charge in [-0.3, -0.25) is 4.98 Å². The van der Waals surface area contributed by atoms with E-state index < -0.39 is 0 Å². The molecule has 3 heteroatoms. The van der Waals surface area contributed by atoms with Crippen LogP contribution in [-0.4, -0.2) is 16.7 Å². The van der Waals surface area contributed by atoms with Crippen molar-refractivity contribution in [3.8, 4) is 0 Å². The van der Waals surface area contributed by atoms with Crippen LogP contribution in [0.25, 0.3) is 0 Å². The average Bonchev–Trinajstić information content (AvgIpc) is 2.81. The first-order valence-electron chi connectivity index (χ1n) is 4.93. The number of hydrogen-bond donors (Lipinski definition) is 1. The number of thiophene rings is 1. The minimum absolute atomic E-state index is 0.190. The van der Waals surface area contributed by atoms with E-state index in [1.807, 2.05) is 29.8 Å².